The van der Waals surface area contributed by atoms with Crippen LogP contribution in [0, 0.1) is 17.8 Å². The Morgan fingerprint density at radius 2 is 1.63 bits per heavy atom. The number of carbonyl (C=O) groups excluding carboxylic acids is 4. The van der Waals surface area contributed by atoms with E-state index in [9.17, 15) is 19.2 Å². The normalized spacial score (nSPS) is 32.6. The number of nitrogens with zero attached hydrogens (tertiary/aromatic N) is 2. The number of imide groups is 2. The predicted octanol–water partition coefficient (Wildman–Crippen LogP) is 4.63. The lowest BCUT2D eigenvalue weighted by Crippen LogP contribution is -2.60. The van der Waals surface area contributed by atoms with Gasteiger partial charge in [0.2, 0.25) is 11.8 Å². The average molecular weight is 683 g/mol. The highest BCUT2D eigenvalue weighted by Crippen LogP contribution is 2.65. The van der Waals surface area contributed by atoms with E-state index in [4.69, 9.17) is 44.6 Å². The molecule has 0 aromatic heterocycles. The minimum absolute atomic E-state index is 0.0825. The van der Waals surface area contributed by atoms with E-state index in [1.807, 2.05) is 6.08 Å². The molecule has 0 radical (unpaired) electrons. The van der Waals surface area contributed by atoms with Crippen molar-refractivity contribution in [1.29, 1.82) is 0 Å². The topological polar surface area (TPSA) is 104 Å². The van der Waals surface area contributed by atoms with Crippen LogP contribution in [0.2, 0.25) is 5.02 Å². The molecule has 2 aliphatic heterocycles. The molecule has 2 aromatic carbocycles. The Kier molecular flexibility index (Phi) is 7.26. The molecule has 2 heterocycles. The lowest BCUT2D eigenvalue weighted by Gasteiger charge is -2.50. The Balaban J connectivity index is 1.47. The second-order valence-electron chi connectivity index (χ2n) is 10.6. The number of rotatable bonds is 6. The van der Waals surface area contributed by atoms with E-state index in [-0.39, 0.29) is 43.3 Å². The van der Waals surface area contributed by atoms with Crippen molar-refractivity contribution in [1.82, 2.24) is 4.90 Å². The molecule has 0 spiro atoms. The Bertz CT molecular complexity index is 1480. The van der Waals surface area contributed by atoms with Crippen LogP contribution in [0.15, 0.2) is 60.2 Å². The number of anilines is 1. The van der Waals surface area contributed by atoms with Gasteiger partial charge in [-0.05, 0) is 60.7 Å². The maximum atomic E-state index is 14.0. The molecule has 8 nitrogen and oxygen atoms in total. The van der Waals surface area contributed by atoms with E-state index < -0.39 is 45.2 Å². The van der Waals surface area contributed by atoms with E-state index in [1.54, 1.807) is 48.5 Å². The zero-order chi connectivity index (χ0) is 29.3. The van der Waals surface area contributed by atoms with Crippen LogP contribution in [0.4, 0.5) is 5.69 Å². The number of ether oxygens (including phenoxy) is 1. The third kappa shape index (κ3) is 4.03. The minimum atomic E-state index is -1.87. The zero-order valence-corrected chi connectivity index (χ0v) is 25.3. The molecular weight excluding hydrogens is 659 g/mol. The number of fused-ring (bicyclic) bond motifs is 4. The summed E-state index contributed by atoms with van der Waals surface area (Å²) in [6, 6.07) is 13.3. The predicted molar refractivity (Wildman–Crippen MR) is 156 cm³/mol. The molecule has 2 aromatic rings. The van der Waals surface area contributed by atoms with E-state index in [0.29, 0.717) is 27.6 Å². The summed E-state index contributed by atoms with van der Waals surface area (Å²) in [5.74, 6) is -4.40. The van der Waals surface area contributed by atoms with Crippen LogP contribution in [0.5, 0.6) is 5.75 Å². The quantitative estimate of drug-likeness (QED) is 0.207. The van der Waals surface area contributed by atoms with Gasteiger partial charge in [-0.1, -0.05) is 51.3 Å². The highest BCUT2D eigenvalue weighted by atomic mass is 79.9. The van der Waals surface area contributed by atoms with E-state index >= 15 is 0 Å². The number of benzene rings is 2. The summed E-state index contributed by atoms with van der Waals surface area (Å²) in [5.41, 5.74) is 1.64. The number of aliphatic hydroxyl groups is 1. The van der Waals surface area contributed by atoms with Gasteiger partial charge in [0.15, 0.2) is 9.75 Å². The molecule has 2 aliphatic carbocycles. The van der Waals surface area contributed by atoms with Gasteiger partial charge < -0.3 is 9.84 Å². The summed E-state index contributed by atoms with van der Waals surface area (Å²) in [6.07, 6.45) is 2.07. The maximum absolute atomic E-state index is 14.0. The summed E-state index contributed by atoms with van der Waals surface area (Å²) in [5, 5.41) is 9.57. The highest BCUT2D eigenvalue weighted by Gasteiger charge is 2.76. The van der Waals surface area contributed by atoms with Gasteiger partial charge in [-0.15, -0.1) is 23.2 Å². The van der Waals surface area contributed by atoms with Crippen LogP contribution in [0.25, 0.3) is 0 Å². The summed E-state index contributed by atoms with van der Waals surface area (Å²) < 4.78 is 5.50. The van der Waals surface area contributed by atoms with Crippen LogP contribution in [0.1, 0.15) is 24.3 Å². The van der Waals surface area contributed by atoms with Gasteiger partial charge in [0, 0.05) is 10.9 Å². The van der Waals surface area contributed by atoms with Crippen molar-refractivity contribution in [2.75, 3.05) is 23.6 Å². The molecule has 1 saturated carbocycles. The molecule has 4 amide bonds. The van der Waals surface area contributed by atoms with Crippen molar-refractivity contribution >= 4 is 80.0 Å². The number of halogens is 4. The highest BCUT2D eigenvalue weighted by molar-refractivity contribution is 9.09. The van der Waals surface area contributed by atoms with Crippen molar-refractivity contribution in [2.45, 2.75) is 28.5 Å². The number of alkyl halides is 3. The molecule has 1 N–H and O–H groups in total. The number of likely N-dealkylation sites (tertiary alicyclic amines) is 1. The fourth-order valence-corrected chi connectivity index (χ4v) is 8.44. The zero-order valence-electron chi connectivity index (χ0n) is 21.4. The van der Waals surface area contributed by atoms with Gasteiger partial charge in [-0.25, -0.2) is 0 Å². The first-order valence-corrected chi connectivity index (χ1v) is 15.3. The van der Waals surface area contributed by atoms with Crippen molar-refractivity contribution in [3.63, 3.8) is 0 Å². The van der Waals surface area contributed by atoms with Crippen molar-refractivity contribution in [3.8, 4) is 5.75 Å². The number of hydrogen-bond acceptors (Lipinski definition) is 6. The monoisotopic (exact) mass is 680 g/mol. The fraction of sp³-hybridized carbons (Fsp3) is 0.379. The largest absolute Gasteiger partial charge is 0.491 e. The molecule has 2 saturated heterocycles. The summed E-state index contributed by atoms with van der Waals surface area (Å²) in [7, 11) is 0. The second-order valence-corrected chi connectivity index (χ2v) is 12.8. The van der Waals surface area contributed by atoms with Gasteiger partial charge in [-0.3, -0.25) is 29.0 Å². The second kappa shape index (κ2) is 10.4. The van der Waals surface area contributed by atoms with Gasteiger partial charge in [0.25, 0.3) is 11.8 Å². The van der Waals surface area contributed by atoms with Crippen LogP contribution in [-0.2, 0) is 19.2 Å². The minimum Gasteiger partial charge on any atom is -0.491 e. The Morgan fingerprint density at radius 3 is 2.27 bits per heavy atom. The molecule has 6 atom stereocenters. The molecular formula is C29H24BrCl3N2O6. The molecule has 4 aliphatic rings. The molecule has 41 heavy (non-hydrogen) atoms. The smallest absolute Gasteiger partial charge is 0.254 e. The van der Waals surface area contributed by atoms with Crippen molar-refractivity contribution in [2.24, 2.45) is 17.8 Å². The first kappa shape index (κ1) is 28.7. The molecule has 3 fully saturated rings. The molecule has 214 valence electrons. The standard InChI is InChI=1S/C29H24BrCl3N2O6/c30-14-34-26(39)28(32)13-21-19(23(29(28,33)27(34)40)15-1-7-18(8-2-15)41-12-11-36)9-10-20-22(21)25(38)35(24(20)37)17-5-3-16(31)4-6-17/h1-9,20-23,36H,10-14H2/t20-,21+,22-,23-,28+,29-/m0/s1. The Hall–Kier alpha value is -2.43. The SMILES string of the molecule is O=C1[C@H]2[C@H](CC=C3[C@H]2C[C@@]2(Cl)C(=O)N(CBr)C(=O)[C@@]2(Cl)[C@H]3c2ccc(OCCO)cc2)C(=O)N1c1ccc(Cl)cc1. The summed E-state index contributed by atoms with van der Waals surface area (Å²) >= 11 is 23.7. The number of allylic oxidation sites excluding steroid dienone is 2. The third-order valence-corrected chi connectivity index (χ3v) is 10.8. The van der Waals surface area contributed by atoms with Gasteiger partial charge in [0.1, 0.15) is 12.4 Å². The molecule has 0 bridgehead atoms. The van der Waals surface area contributed by atoms with Crippen LogP contribution >= 0.6 is 50.7 Å². The molecule has 12 heteroatoms. The van der Waals surface area contributed by atoms with Gasteiger partial charge in [-0.2, -0.15) is 0 Å². The number of aliphatic hydroxyl groups excluding tert-OH is 1. The Morgan fingerprint density at radius 1 is 0.951 bits per heavy atom. The van der Waals surface area contributed by atoms with Crippen LogP contribution in [-0.4, -0.2) is 62.1 Å². The fourth-order valence-electron chi connectivity index (χ4n) is 6.89. The first-order valence-electron chi connectivity index (χ1n) is 13.1. The number of carbonyl (C=O) groups is 4. The first-order chi connectivity index (χ1) is 19.6. The lowest BCUT2D eigenvalue weighted by molar-refractivity contribution is -0.138. The number of amides is 4. The van der Waals surface area contributed by atoms with Crippen LogP contribution < -0.4 is 9.64 Å². The van der Waals surface area contributed by atoms with Gasteiger partial charge >= 0.3 is 0 Å². The van der Waals surface area contributed by atoms with Crippen molar-refractivity contribution in [3.05, 3.63) is 70.8 Å². The molecule has 0 unspecified atom stereocenters. The lowest BCUT2D eigenvalue weighted by atomic mass is 9.56. The van der Waals surface area contributed by atoms with E-state index in [1.165, 1.54) is 4.90 Å². The Labute approximate surface area is 259 Å². The average Bonchev–Trinajstić information content (AvgIpc) is 3.30. The van der Waals surface area contributed by atoms with Crippen LogP contribution in [0.3, 0.4) is 0 Å². The van der Waals surface area contributed by atoms with E-state index in [2.05, 4.69) is 15.9 Å². The van der Waals surface area contributed by atoms with E-state index in [0.717, 1.165) is 4.90 Å². The van der Waals surface area contributed by atoms with Crippen molar-refractivity contribution < 1.29 is 29.0 Å². The summed E-state index contributed by atoms with van der Waals surface area (Å²) in [6.45, 7) is -0.0450. The van der Waals surface area contributed by atoms with Gasteiger partial charge in [0.05, 0.1) is 29.6 Å². The summed E-state index contributed by atoms with van der Waals surface area (Å²) in [4.78, 5) is 53.5. The number of hydrogen-bond donors (Lipinski definition) is 1. The maximum Gasteiger partial charge on any atom is 0.254 e. The molecule has 6 rings (SSSR count). The third-order valence-electron chi connectivity index (χ3n) is 8.67.